The number of benzene rings is 2. The fraction of sp³-hybridized carbons (Fsp3) is 0.318. The predicted molar refractivity (Wildman–Crippen MR) is 104 cm³/mol. The van der Waals surface area contributed by atoms with E-state index in [-0.39, 0.29) is 11.3 Å². The maximum atomic E-state index is 12.2. The Hall–Kier alpha value is -2.55. The molecule has 25 heavy (non-hydrogen) atoms. The highest BCUT2D eigenvalue weighted by Gasteiger charge is 2.13. The van der Waals surface area contributed by atoms with Gasteiger partial charge in [0.05, 0.1) is 0 Å². The Balaban J connectivity index is 1.87. The molecule has 0 bridgehead atoms. The Labute approximate surface area is 150 Å². The van der Waals surface area contributed by atoms with Crippen molar-refractivity contribution in [2.45, 2.75) is 39.0 Å². The third kappa shape index (κ3) is 6.11. The van der Waals surface area contributed by atoms with Crippen LogP contribution in [0.3, 0.4) is 0 Å². The first-order valence-corrected chi connectivity index (χ1v) is 8.61. The molecule has 0 atom stereocenters. The number of hydrogen-bond acceptors (Lipinski definition) is 2. The average Bonchev–Trinajstić information content (AvgIpc) is 2.58. The molecule has 1 amide bonds. The highest BCUT2D eigenvalue weighted by atomic mass is 16.5. The van der Waals surface area contributed by atoms with E-state index in [1.54, 1.807) is 6.08 Å². The number of hydrogen-bond donors (Lipinski definition) is 1. The minimum Gasteiger partial charge on any atom is -0.489 e. The third-order valence-corrected chi connectivity index (χ3v) is 3.95. The summed E-state index contributed by atoms with van der Waals surface area (Å²) in [6, 6.07) is 15.9. The Morgan fingerprint density at radius 3 is 2.52 bits per heavy atom. The molecule has 0 aliphatic heterocycles. The molecule has 0 aromatic heterocycles. The Morgan fingerprint density at radius 1 is 1.16 bits per heavy atom. The molecule has 132 valence electrons. The first-order chi connectivity index (χ1) is 11.9. The van der Waals surface area contributed by atoms with Crippen LogP contribution in [0.25, 0.3) is 0 Å². The zero-order valence-corrected chi connectivity index (χ0v) is 15.3. The zero-order valence-electron chi connectivity index (χ0n) is 15.3. The molecule has 3 nitrogen and oxygen atoms in total. The van der Waals surface area contributed by atoms with E-state index >= 15 is 0 Å². The molecule has 2 rings (SSSR count). The second kappa shape index (κ2) is 8.52. The van der Waals surface area contributed by atoms with E-state index in [2.05, 4.69) is 56.9 Å². The highest BCUT2D eigenvalue weighted by molar-refractivity contribution is 5.91. The molecule has 0 aliphatic rings. The molecule has 0 heterocycles. The molecule has 0 saturated carbocycles. The smallest absolute Gasteiger partial charge is 0.224 e. The number of carbonyl (C=O) groups is 1. The van der Waals surface area contributed by atoms with Crippen LogP contribution in [0.2, 0.25) is 0 Å². The molecule has 0 spiro atoms. The van der Waals surface area contributed by atoms with Gasteiger partial charge in [-0.1, -0.05) is 63.8 Å². The van der Waals surface area contributed by atoms with Crippen molar-refractivity contribution in [1.29, 1.82) is 0 Å². The van der Waals surface area contributed by atoms with Crippen LogP contribution in [0, 0.1) is 0 Å². The fourth-order valence-electron chi connectivity index (χ4n) is 2.47. The molecular formula is C22H27NO2. The van der Waals surface area contributed by atoms with Gasteiger partial charge in [0.1, 0.15) is 12.4 Å². The number of ether oxygens (including phenoxy) is 1. The van der Waals surface area contributed by atoms with Crippen LogP contribution in [0.1, 0.15) is 38.3 Å². The highest BCUT2D eigenvalue weighted by Crippen LogP contribution is 2.22. The van der Waals surface area contributed by atoms with Gasteiger partial charge in [-0.2, -0.15) is 0 Å². The Kier molecular flexibility index (Phi) is 6.40. The summed E-state index contributed by atoms with van der Waals surface area (Å²) in [5.74, 6) is 0.719. The molecule has 2 aromatic rings. The van der Waals surface area contributed by atoms with Crippen LogP contribution < -0.4 is 10.1 Å². The molecule has 0 saturated heterocycles. The van der Waals surface area contributed by atoms with E-state index in [4.69, 9.17) is 4.74 Å². The lowest BCUT2D eigenvalue weighted by molar-refractivity contribution is -0.116. The first kappa shape index (κ1) is 18.8. The summed E-state index contributed by atoms with van der Waals surface area (Å²) in [4.78, 5) is 12.2. The summed E-state index contributed by atoms with van der Waals surface area (Å²) in [5.41, 5.74) is 3.37. The van der Waals surface area contributed by atoms with Gasteiger partial charge >= 0.3 is 0 Å². The lowest BCUT2D eigenvalue weighted by atomic mass is 9.86. The molecular weight excluding hydrogens is 310 g/mol. The third-order valence-electron chi connectivity index (χ3n) is 3.95. The monoisotopic (exact) mass is 337 g/mol. The van der Waals surface area contributed by atoms with Gasteiger partial charge in [0.25, 0.3) is 0 Å². The van der Waals surface area contributed by atoms with Crippen LogP contribution >= 0.6 is 0 Å². The minimum absolute atomic E-state index is 0.000712. The van der Waals surface area contributed by atoms with Gasteiger partial charge in [-0.3, -0.25) is 4.79 Å². The summed E-state index contributed by atoms with van der Waals surface area (Å²) < 4.78 is 5.48. The average molecular weight is 337 g/mol. The molecule has 0 unspecified atom stereocenters. The van der Waals surface area contributed by atoms with Crippen LogP contribution in [-0.4, -0.2) is 12.5 Å². The number of nitrogens with one attached hydrogen (secondary N) is 1. The summed E-state index contributed by atoms with van der Waals surface area (Å²) in [6.45, 7) is 10.7. The topological polar surface area (TPSA) is 38.3 Å². The van der Waals surface area contributed by atoms with Crippen LogP contribution in [-0.2, 0) is 16.6 Å². The van der Waals surface area contributed by atoms with Gasteiger partial charge in [-0.25, -0.2) is 0 Å². The Morgan fingerprint density at radius 2 is 1.88 bits per heavy atom. The van der Waals surface area contributed by atoms with Crippen molar-refractivity contribution >= 4 is 11.6 Å². The van der Waals surface area contributed by atoms with E-state index < -0.39 is 0 Å². The zero-order chi connectivity index (χ0) is 18.3. The van der Waals surface area contributed by atoms with Gasteiger partial charge in [0, 0.05) is 18.2 Å². The second-order valence-electron chi connectivity index (χ2n) is 7.12. The van der Waals surface area contributed by atoms with Crippen LogP contribution in [0.15, 0.2) is 61.2 Å². The van der Waals surface area contributed by atoms with E-state index in [0.717, 1.165) is 17.9 Å². The summed E-state index contributed by atoms with van der Waals surface area (Å²) in [6.07, 6.45) is 2.87. The van der Waals surface area contributed by atoms with Crippen molar-refractivity contribution in [2.24, 2.45) is 0 Å². The molecule has 1 N–H and O–H groups in total. The summed E-state index contributed by atoms with van der Waals surface area (Å²) in [7, 11) is 0. The minimum atomic E-state index is 0.000712. The normalized spacial score (nSPS) is 11.0. The summed E-state index contributed by atoms with van der Waals surface area (Å²) in [5, 5.41) is 2.92. The quantitative estimate of drug-likeness (QED) is 0.712. The number of aryl methyl sites for hydroxylation is 1. The van der Waals surface area contributed by atoms with E-state index in [1.807, 2.05) is 24.3 Å². The number of anilines is 1. The number of rotatable bonds is 7. The van der Waals surface area contributed by atoms with E-state index in [1.165, 1.54) is 11.1 Å². The SMILES string of the molecule is C=CCOc1cccc(NC(=O)CCc2ccc(C(C)(C)C)cc2)c1. The molecule has 0 radical (unpaired) electrons. The van der Waals surface area contributed by atoms with Crippen molar-refractivity contribution in [3.63, 3.8) is 0 Å². The van der Waals surface area contributed by atoms with Gasteiger partial charge < -0.3 is 10.1 Å². The Bertz CT molecular complexity index is 712. The number of carbonyl (C=O) groups excluding carboxylic acids is 1. The maximum Gasteiger partial charge on any atom is 0.224 e. The fourth-order valence-corrected chi connectivity index (χ4v) is 2.47. The van der Waals surface area contributed by atoms with Crippen molar-refractivity contribution in [3.8, 4) is 5.75 Å². The second-order valence-corrected chi connectivity index (χ2v) is 7.12. The molecule has 0 aliphatic carbocycles. The molecule has 2 aromatic carbocycles. The van der Waals surface area contributed by atoms with Gasteiger partial charge in [0.2, 0.25) is 5.91 Å². The van der Waals surface area contributed by atoms with Crippen molar-refractivity contribution in [1.82, 2.24) is 0 Å². The van der Waals surface area contributed by atoms with E-state index in [0.29, 0.717) is 13.0 Å². The lowest BCUT2D eigenvalue weighted by Crippen LogP contribution is -2.13. The van der Waals surface area contributed by atoms with Crippen molar-refractivity contribution < 1.29 is 9.53 Å². The molecule has 0 fully saturated rings. The van der Waals surface area contributed by atoms with Crippen LogP contribution in [0.4, 0.5) is 5.69 Å². The standard InChI is InChI=1S/C22H27NO2/c1-5-15-25-20-8-6-7-19(16-20)23-21(24)14-11-17-9-12-18(13-10-17)22(2,3)4/h5-10,12-13,16H,1,11,14-15H2,2-4H3,(H,23,24). The first-order valence-electron chi connectivity index (χ1n) is 8.61. The largest absolute Gasteiger partial charge is 0.489 e. The number of amides is 1. The van der Waals surface area contributed by atoms with Gasteiger partial charge in [0.15, 0.2) is 0 Å². The molecule has 3 heteroatoms. The lowest BCUT2D eigenvalue weighted by Gasteiger charge is -2.19. The van der Waals surface area contributed by atoms with Crippen LogP contribution in [0.5, 0.6) is 5.75 Å². The maximum absolute atomic E-state index is 12.2. The van der Waals surface area contributed by atoms with Crippen molar-refractivity contribution in [2.75, 3.05) is 11.9 Å². The van der Waals surface area contributed by atoms with Crippen molar-refractivity contribution in [3.05, 3.63) is 72.3 Å². The van der Waals surface area contributed by atoms with Gasteiger partial charge in [-0.15, -0.1) is 0 Å². The predicted octanol–water partition coefficient (Wildman–Crippen LogP) is 5.12. The summed E-state index contributed by atoms with van der Waals surface area (Å²) >= 11 is 0. The van der Waals surface area contributed by atoms with E-state index in [9.17, 15) is 4.79 Å². The van der Waals surface area contributed by atoms with Gasteiger partial charge in [-0.05, 0) is 35.1 Å².